The van der Waals surface area contributed by atoms with Gasteiger partial charge in [-0.2, -0.15) is 0 Å². The number of rotatable bonds is 4. The van der Waals surface area contributed by atoms with Crippen LogP contribution in [0.5, 0.6) is 5.75 Å². The van der Waals surface area contributed by atoms with Crippen molar-refractivity contribution in [3.05, 3.63) is 50.1 Å². The number of halogens is 2. The van der Waals surface area contributed by atoms with E-state index in [4.69, 9.17) is 27.9 Å². The van der Waals surface area contributed by atoms with Gasteiger partial charge in [0.25, 0.3) is 0 Å². The summed E-state index contributed by atoms with van der Waals surface area (Å²) in [5.41, 5.74) is 1.07. The number of thiophene rings is 1. The molecule has 0 saturated heterocycles. The standard InChI is InChI=1S/C15H15Cl2NOS/c16-10-8-12-14(4-6-19-15(12)13(17)9-10)18-5-3-11-2-1-7-20-11/h1-2,7-9,14,18H,3-6H2. The zero-order valence-corrected chi connectivity index (χ0v) is 13.2. The minimum absolute atomic E-state index is 0.259. The van der Waals surface area contributed by atoms with Gasteiger partial charge < -0.3 is 10.1 Å². The molecule has 1 aliphatic heterocycles. The van der Waals surface area contributed by atoms with Crippen molar-refractivity contribution in [1.29, 1.82) is 0 Å². The van der Waals surface area contributed by atoms with Crippen LogP contribution < -0.4 is 10.1 Å². The fourth-order valence-corrected chi connectivity index (χ4v) is 3.73. The van der Waals surface area contributed by atoms with E-state index in [0.717, 1.165) is 30.7 Å². The second kappa shape index (κ2) is 6.35. The maximum atomic E-state index is 6.19. The highest BCUT2D eigenvalue weighted by Gasteiger charge is 2.23. The van der Waals surface area contributed by atoms with Gasteiger partial charge in [-0.25, -0.2) is 0 Å². The van der Waals surface area contributed by atoms with Crippen LogP contribution in [0.15, 0.2) is 29.6 Å². The lowest BCUT2D eigenvalue weighted by atomic mass is 10.0. The van der Waals surface area contributed by atoms with Gasteiger partial charge in [0.15, 0.2) is 0 Å². The summed E-state index contributed by atoms with van der Waals surface area (Å²) in [5.74, 6) is 0.774. The first kappa shape index (κ1) is 14.2. The quantitative estimate of drug-likeness (QED) is 0.877. The van der Waals surface area contributed by atoms with E-state index in [0.29, 0.717) is 16.7 Å². The average Bonchev–Trinajstić information content (AvgIpc) is 2.92. The van der Waals surface area contributed by atoms with Crippen molar-refractivity contribution in [2.45, 2.75) is 18.9 Å². The molecule has 5 heteroatoms. The van der Waals surface area contributed by atoms with Crippen molar-refractivity contribution in [2.24, 2.45) is 0 Å². The van der Waals surface area contributed by atoms with Gasteiger partial charge >= 0.3 is 0 Å². The average molecular weight is 328 g/mol. The van der Waals surface area contributed by atoms with Crippen LogP contribution in [0.3, 0.4) is 0 Å². The summed E-state index contributed by atoms with van der Waals surface area (Å²) in [4.78, 5) is 1.40. The number of ether oxygens (including phenoxy) is 1. The molecule has 2 heterocycles. The second-order valence-corrected chi connectivity index (χ2v) is 6.66. The van der Waals surface area contributed by atoms with Crippen LogP contribution in [0.4, 0.5) is 0 Å². The molecule has 20 heavy (non-hydrogen) atoms. The molecule has 3 rings (SSSR count). The van der Waals surface area contributed by atoms with E-state index in [2.05, 4.69) is 22.8 Å². The van der Waals surface area contributed by atoms with E-state index in [-0.39, 0.29) is 6.04 Å². The van der Waals surface area contributed by atoms with Crippen LogP contribution in [-0.2, 0) is 6.42 Å². The summed E-state index contributed by atoms with van der Waals surface area (Å²) in [6.07, 6.45) is 1.98. The predicted octanol–water partition coefficient (Wildman–Crippen LogP) is 4.71. The Morgan fingerprint density at radius 3 is 3.05 bits per heavy atom. The lowest BCUT2D eigenvalue weighted by molar-refractivity contribution is 0.253. The van der Waals surface area contributed by atoms with Gasteiger partial charge in [-0.15, -0.1) is 11.3 Å². The zero-order valence-electron chi connectivity index (χ0n) is 10.9. The van der Waals surface area contributed by atoms with Gasteiger partial charge in [-0.05, 0) is 30.0 Å². The molecule has 0 saturated carbocycles. The molecule has 1 unspecified atom stereocenters. The normalized spacial score (nSPS) is 17.6. The minimum atomic E-state index is 0.259. The van der Waals surface area contributed by atoms with Crippen molar-refractivity contribution >= 4 is 34.5 Å². The smallest absolute Gasteiger partial charge is 0.142 e. The van der Waals surface area contributed by atoms with E-state index in [9.17, 15) is 0 Å². The Morgan fingerprint density at radius 2 is 2.25 bits per heavy atom. The molecule has 106 valence electrons. The first-order chi connectivity index (χ1) is 9.74. The molecule has 1 aromatic heterocycles. The molecule has 2 nitrogen and oxygen atoms in total. The Morgan fingerprint density at radius 1 is 1.35 bits per heavy atom. The van der Waals surface area contributed by atoms with Crippen molar-refractivity contribution in [1.82, 2.24) is 5.32 Å². The Hall–Kier alpha value is -0.740. The minimum Gasteiger partial charge on any atom is -0.492 e. The molecule has 0 spiro atoms. The predicted molar refractivity (Wildman–Crippen MR) is 85.3 cm³/mol. The Labute approximate surface area is 132 Å². The number of fused-ring (bicyclic) bond motifs is 1. The molecule has 1 N–H and O–H groups in total. The lowest BCUT2D eigenvalue weighted by Gasteiger charge is -2.27. The first-order valence-electron chi connectivity index (χ1n) is 6.61. The third-order valence-electron chi connectivity index (χ3n) is 3.41. The van der Waals surface area contributed by atoms with Crippen LogP contribution in [0.2, 0.25) is 10.0 Å². The number of benzene rings is 1. The SMILES string of the molecule is Clc1cc(Cl)c2c(c1)C(NCCc1cccs1)CCO2. The molecular formula is C15H15Cl2NOS. The molecule has 1 atom stereocenters. The molecule has 0 aliphatic carbocycles. The van der Waals surface area contributed by atoms with Crippen molar-refractivity contribution < 1.29 is 4.74 Å². The third kappa shape index (κ3) is 3.12. The number of hydrogen-bond donors (Lipinski definition) is 1. The number of hydrogen-bond acceptors (Lipinski definition) is 3. The van der Waals surface area contributed by atoms with Crippen LogP contribution in [0.1, 0.15) is 22.9 Å². The molecule has 2 aromatic rings. The third-order valence-corrected chi connectivity index (χ3v) is 4.84. The van der Waals surface area contributed by atoms with Gasteiger partial charge in [0, 0.05) is 34.5 Å². The molecular weight excluding hydrogens is 313 g/mol. The van der Waals surface area contributed by atoms with Crippen LogP contribution in [-0.4, -0.2) is 13.2 Å². The maximum Gasteiger partial charge on any atom is 0.142 e. The second-order valence-electron chi connectivity index (χ2n) is 4.78. The molecule has 0 amide bonds. The molecule has 1 aliphatic rings. The summed E-state index contributed by atoms with van der Waals surface area (Å²) in [6, 6.07) is 8.19. The monoisotopic (exact) mass is 327 g/mol. The highest BCUT2D eigenvalue weighted by Crippen LogP contribution is 2.39. The maximum absolute atomic E-state index is 6.19. The largest absolute Gasteiger partial charge is 0.492 e. The Bertz CT molecular complexity index is 586. The summed E-state index contributed by atoms with van der Waals surface area (Å²) in [7, 11) is 0. The molecule has 0 fully saturated rings. The van der Waals surface area contributed by atoms with Gasteiger partial charge in [-0.1, -0.05) is 29.3 Å². The van der Waals surface area contributed by atoms with E-state index in [1.54, 1.807) is 17.4 Å². The van der Waals surface area contributed by atoms with Crippen LogP contribution in [0.25, 0.3) is 0 Å². The lowest BCUT2D eigenvalue weighted by Crippen LogP contribution is -2.28. The summed E-state index contributed by atoms with van der Waals surface area (Å²) >= 11 is 14.1. The van der Waals surface area contributed by atoms with Crippen LogP contribution >= 0.6 is 34.5 Å². The summed E-state index contributed by atoms with van der Waals surface area (Å²) in [5, 5.41) is 6.94. The van der Waals surface area contributed by atoms with E-state index >= 15 is 0 Å². The zero-order chi connectivity index (χ0) is 13.9. The molecule has 0 bridgehead atoms. The Kier molecular flexibility index (Phi) is 4.51. The van der Waals surface area contributed by atoms with Gasteiger partial charge in [-0.3, -0.25) is 0 Å². The van der Waals surface area contributed by atoms with Gasteiger partial charge in [0.2, 0.25) is 0 Å². The highest BCUT2D eigenvalue weighted by molar-refractivity contribution is 7.09. The molecule has 1 aromatic carbocycles. The van der Waals surface area contributed by atoms with Crippen molar-refractivity contribution in [3.8, 4) is 5.75 Å². The molecule has 0 radical (unpaired) electrons. The summed E-state index contributed by atoms with van der Waals surface area (Å²) < 4.78 is 5.66. The summed E-state index contributed by atoms with van der Waals surface area (Å²) in [6.45, 7) is 1.62. The van der Waals surface area contributed by atoms with E-state index < -0.39 is 0 Å². The first-order valence-corrected chi connectivity index (χ1v) is 8.25. The highest BCUT2D eigenvalue weighted by atomic mass is 35.5. The van der Waals surface area contributed by atoms with Crippen LogP contribution in [0, 0.1) is 0 Å². The van der Waals surface area contributed by atoms with E-state index in [1.807, 2.05) is 6.07 Å². The number of nitrogens with one attached hydrogen (secondary N) is 1. The van der Waals surface area contributed by atoms with Gasteiger partial charge in [0.1, 0.15) is 5.75 Å². The van der Waals surface area contributed by atoms with Crippen molar-refractivity contribution in [3.63, 3.8) is 0 Å². The van der Waals surface area contributed by atoms with Gasteiger partial charge in [0.05, 0.1) is 11.6 Å². The fraction of sp³-hybridized carbons (Fsp3) is 0.333. The van der Waals surface area contributed by atoms with Crippen molar-refractivity contribution in [2.75, 3.05) is 13.2 Å². The Balaban J connectivity index is 1.70. The van der Waals surface area contributed by atoms with E-state index in [1.165, 1.54) is 4.88 Å². The fourth-order valence-electron chi connectivity index (χ4n) is 2.46. The topological polar surface area (TPSA) is 21.3 Å².